The molecule has 28 heavy (non-hydrogen) atoms. The number of imidazole rings is 1. The number of fused-ring (bicyclic) bond motifs is 1. The lowest BCUT2D eigenvalue weighted by atomic mass is 10.2. The summed E-state index contributed by atoms with van der Waals surface area (Å²) in [6.07, 6.45) is 3.98. The second-order valence-electron chi connectivity index (χ2n) is 6.52. The molecule has 0 aliphatic heterocycles. The maximum absolute atomic E-state index is 12.9. The molecule has 0 aliphatic rings. The highest BCUT2D eigenvalue weighted by Crippen LogP contribution is 2.23. The average molecular weight is 383 g/mol. The number of pyridine rings is 1. The smallest absolute Gasteiger partial charge is 0.322 e. The van der Waals surface area contributed by atoms with E-state index in [0.29, 0.717) is 42.3 Å². The van der Waals surface area contributed by atoms with Crippen LogP contribution in [0.2, 0.25) is 0 Å². The van der Waals surface area contributed by atoms with Crippen LogP contribution in [0.1, 0.15) is 35.7 Å². The highest BCUT2D eigenvalue weighted by Gasteiger charge is 2.21. The number of amides is 3. The van der Waals surface area contributed by atoms with E-state index < -0.39 is 0 Å². The van der Waals surface area contributed by atoms with E-state index in [0.717, 1.165) is 5.69 Å². The minimum Gasteiger partial charge on any atom is -0.467 e. The molecule has 3 rings (SSSR count). The summed E-state index contributed by atoms with van der Waals surface area (Å²) >= 11 is 0. The zero-order chi connectivity index (χ0) is 20.3. The molecule has 148 valence electrons. The molecular formula is C20H25N5O3. The van der Waals surface area contributed by atoms with Gasteiger partial charge in [0.25, 0.3) is 5.91 Å². The SMILES string of the molecule is CCNC(=O)N(C)c1c(CC)nc2ccc(C(=O)N(C)Cc3ccco3)cn12. The Bertz CT molecular complexity index is 977. The lowest BCUT2D eigenvalue weighted by Crippen LogP contribution is -2.38. The largest absolute Gasteiger partial charge is 0.467 e. The van der Waals surface area contributed by atoms with Crippen LogP contribution >= 0.6 is 0 Å². The summed E-state index contributed by atoms with van der Waals surface area (Å²) in [5.41, 5.74) is 1.99. The number of rotatable bonds is 6. The standard InChI is InChI=1S/C20H25N5O3/c1-5-16-18(24(4)20(27)21-6-2)25-12-14(9-10-17(25)22-16)19(26)23(3)13-15-8-7-11-28-15/h7-12H,5-6,13H2,1-4H3,(H,21,27). The number of nitrogens with one attached hydrogen (secondary N) is 1. The van der Waals surface area contributed by atoms with E-state index in [-0.39, 0.29) is 11.9 Å². The fourth-order valence-electron chi connectivity index (χ4n) is 3.09. The normalized spacial score (nSPS) is 10.9. The summed E-state index contributed by atoms with van der Waals surface area (Å²) in [7, 11) is 3.42. The minimum absolute atomic E-state index is 0.142. The topological polar surface area (TPSA) is 83.1 Å². The monoisotopic (exact) mass is 383 g/mol. The van der Waals surface area contributed by atoms with Crippen molar-refractivity contribution in [1.29, 1.82) is 0 Å². The summed E-state index contributed by atoms with van der Waals surface area (Å²) < 4.78 is 7.11. The molecule has 0 spiro atoms. The second kappa shape index (κ2) is 8.16. The average Bonchev–Trinajstić information content (AvgIpc) is 3.33. The maximum Gasteiger partial charge on any atom is 0.322 e. The number of urea groups is 1. The first-order valence-corrected chi connectivity index (χ1v) is 9.26. The molecule has 1 N–H and O–H groups in total. The van der Waals surface area contributed by atoms with Crippen molar-refractivity contribution in [3.63, 3.8) is 0 Å². The molecule has 0 saturated carbocycles. The van der Waals surface area contributed by atoms with Crippen molar-refractivity contribution in [3.05, 3.63) is 53.7 Å². The first-order valence-electron chi connectivity index (χ1n) is 9.26. The Kier molecular flexibility index (Phi) is 5.67. The third-order valence-electron chi connectivity index (χ3n) is 4.51. The summed E-state index contributed by atoms with van der Waals surface area (Å²) in [5, 5.41) is 2.79. The Labute approximate surface area is 163 Å². The molecule has 0 unspecified atom stereocenters. The molecule has 0 aromatic carbocycles. The third-order valence-corrected chi connectivity index (χ3v) is 4.51. The Hall–Kier alpha value is -3.29. The number of aryl methyl sites for hydroxylation is 1. The maximum atomic E-state index is 12.9. The van der Waals surface area contributed by atoms with Crippen LogP contribution in [0.25, 0.3) is 5.65 Å². The molecule has 0 atom stereocenters. The van der Waals surface area contributed by atoms with E-state index in [1.807, 2.05) is 19.9 Å². The van der Waals surface area contributed by atoms with Crippen molar-refractivity contribution in [1.82, 2.24) is 19.6 Å². The third kappa shape index (κ3) is 3.71. The fraction of sp³-hybridized carbons (Fsp3) is 0.350. The van der Waals surface area contributed by atoms with Crippen LogP contribution in [-0.4, -0.2) is 46.9 Å². The molecule has 8 nitrogen and oxygen atoms in total. The number of nitrogens with zero attached hydrogens (tertiary/aromatic N) is 4. The predicted octanol–water partition coefficient (Wildman–Crippen LogP) is 2.93. The number of carbonyl (C=O) groups is 2. The fourth-order valence-corrected chi connectivity index (χ4v) is 3.09. The predicted molar refractivity (Wildman–Crippen MR) is 107 cm³/mol. The zero-order valence-corrected chi connectivity index (χ0v) is 16.6. The Morgan fingerprint density at radius 2 is 2.00 bits per heavy atom. The van der Waals surface area contributed by atoms with Crippen molar-refractivity contribution < 1.29 is 14.0 Å². The molecule has 0 radical (unpaired) electrons. The van der Waals surface area contributed by atoms with Crippen molar-refractivity contribution in [2.24, 2.45) is 0 Å². The molecule has 8 heteroatoms. The lowest BCUT2D eigenvalue weighted by molar-refractivity contribution is 0.0775. The molecule has 3 aromatic rings. The van der Waals surface area contributed by atoms with Gasteiger partial charge in [0.15, 0.2) is 0 Å². The zero-order valence-electron chi connectivity index (χ0n) is 16.6. The van der Waals surface area contributed by atoms with Gasteiger partial charge in [0.2, 0.25) is 0 Å². The van der Waals surface area contributed by atoms with E-state index in [4.69, 9.17) is 4.42 Å². The van der Waals surface area contributed by atoms with E-state index in [2.05, 4.69) is 10.3 Å². The van der Waals surface area contributed by atoms with E-state index >= 15 is 0 Å². The van der Waals surface area contributed by atoms with Crippen LogP contribution in [0.5, 0.6) is 0 Å². The number of anilines is 1. The highest BCUT2D eigenvalue weighted by atomic mass is 16.3. The summed E-state index contributed by atoms with van der Waals surface area (Å²) in [6.45, 7) is 4.76. The van der Waals surface area contributed by atoms with Gasteiger partial charge in [-0.2, -0.15) is 0 Å². The van der Waals surface area contributed by atoms with Crippen LogP contribution in [0.3, 0.4) is 0 Å². The van der Waals surface area contributed by atoms with Gasteiger partial charge in [0, 0.05) is 26.8 Å². The van der Waals surface area contributed by atoms with Crippen LogP contribution in [0.15, 0.2) is 41.1 Å². The minimum atomic E-state index is -0.217. The van der Waals surface area contributed by atoms with Crippen LogP contribution < -0.4 is 10.2 Å². The highest BCUT2D eigenvalue weighted by molar-refractivity contribution is 5.95. The first-order chi connectivity index (χ1) is 13.5. The van der Waals surface area contributed by atoms with Crippen molar-refractivity contribution in [2.45, 2.75) is 26.8 Å². The van der Waals surface area contributed by atoms with Gasteiger partial charge in [-0.15, -0.1) is 0 Å². The van der Waals surface area contributed by atoms with Crippen LogP contribution in [0, 0.1) is 0 Å². The Balaban J connectivity index is 1.96. The van der Waals surface area contributed by atoms with Gasteiger partial charge in [-0.3, -0.25) is 14.1 Å². The second-order valence-corrected chi connectivity index (χ2v) is 6.52. The molecule has 0 fully saturated rings. The summed E-state index contributed by atoms with van der Waals surface area (Å²) in [6, 6.07) is 6.95. The lowest BCUT2D eigenvalue weighted by Gasteiger charge is -2.19. The van der Waals surface area contributed by atoms with E-state index in [9.17, 15) is 9.59 Å². The number of hydrogen-bond donors (Lipinski definition) is 1. The molecule has 3 aromatic heterocycles. The van der Waals surface area contributed by atoms with Gasteiger partial charge in [0.05, 0.1) is 24.1 Å². The molecule has 3 amide bonds. The first kappa shape index (κ1) is 19.5. The van der Waals surface area contributed by atoms with Gasteiger partial charge in [-0.25, -0.2) is 9.78 Å². The van der Waals surface area contributed by atoms with E-state index in [1.54, 1.807) is 54.1 Å². The van der Waals surface area contributed by atoms with Crippen molar-refractivity contribution in [2.75, 3.05) is 25.5 Å². The summed E-state index contributed by atoms with van der Waals surface area (Å²) in [5.74, 6) is 1.23. The molecule has 0 aliphatic carbocycles. The van der Waals surface area contributed by atoms with Gasteiger partial charge in [0.1, 0.15) is 17.2 Å². The van der Waals surface area contributed by atoms with Gasteiger partial charge >= 0.3 is 6.03 Å². The number of furan rings is 1. The van der Waals surface area contributed by atoms with Gasteiger partial charge in [-0.1, -0.05) is 6.92 Å². The molecule has 0 bridgehead atoms. The van der Waals surface area contributed by atoms with Crippen molar-refractivity contribution >= 4 is 23.4 Å². The van der Waals surface area contributed by atoms with Gasteiger partial charge in [-0.05, 0) is 37.6 Å². The number of aromatic nitrogens is 2. The molecule has 0 saturated heterocycles. The Morgan fingerprint density at radius 3 is 2.64 bits per heavy atom. The van der Waals surface area contributed by atoms with Crippen LogP contribution in [0.4, 0.5) is 10.6 Å². The van der Waals surface area contributed by atoms with E-state index in [1.165, 1.54) is 4.90 Å². The Morgan fingerprint density at radius 1 is 1.21 bits per heavy atom. The molecular weight excluding hydrogens is 358 g/mol. The van der Waals surface area contributed by atoms with Gasteiger partial charge < -0.3 is 14.6 Å². The van der Waals surface area contributed by atoms with Crippen LogP contribution in [-0.2, 0) is 13.0 Å². The number of carbonyl (C=O) groups excluding carboxylic acids is 2. The van der Waals surface area contributed by atoms with Crippen molar-refractivity contribution in [3.8, 4) is 0 Å². The molecule has 3 heterocycles. The number of hydrogen-bond acceptors (Lipinski definition) is 4. The quantitative estimate of drug-likeness (QED) is 0.709. The summed E-state index contributed by atoms with van der Waals surface area (Å²) in [4.78, 5) is 32.9.